The number of hydrogen-bond donors (Lipinski definition) is 5. The van der Waals surface area contributed by atoms with Crippen LogP contribution in [0.5, 0.6) is 0 Å². The summed E-state index contributed by atoms with van der Waals surface area (Å²) in [5.41, 5.74) is 5.73. The van der Waals surface area contributed by atoms with Crippen LogP contribution in [-0.4, -0.2) is 62.0 Å². The van der Waals surface area contributed by atoms with E-state index in [1.807, 2.05) is 57.2 Å². The molecule has 0 spiro atoms. The predicted molar refractivity (Wildman–Crippen MR) is 180 cm³/mol. The minimum Gasteiger partial charge on any atom is -0.378 e. The monoisotopic (exact) mass is 724 g/mol. The normalized spacial score (nSPS) is 15.1. The molecule has 2 aromatic heterocycles. The fourth-order valence-corrected chi connectivity index (χ4v) is 5.54. The van der Waals surface area contributed by atoms with Crippen LogP contribution in [0, 0.1) is 5.92 Å². The number of imidazole rings is 2. The van der Waals surface area contributed by atoms with Gasteiger partial charge in [-0.15, -0.1) is 0 Å². The van der Waals surface area contributed by atoms with Gasteiger partial charge in [0.1, 0.15) is 11.9 Å². The molecule has 5 N–H and O–H groups in total. The van der Waals surface area contributed by atoms with Crippen molar-refractivity contribution in [2.45, 2.75) is 52.1 Å². The number of likely N-dealkylation sites (tertiary alicyclic amines) is 1. The van der Waals surface area contributed by atoms with E-state index in [1.165, 1.54) is 23.0 Å². The number of benzene rings is 2. The summed E-state index contributed by atoms with van der Waals surface area (Å²) in [6, 6.07) is 15.2. The van der Waals surface area contributed by atoms with Gasteiger partial charge in [-0.2, -0.15) is 0 Å². The standard InChI is InChI=1S/C32H37IN8O4/c1-4-15-34-31(43)40-30-36-18-25(38-30)23-13-9-21(10-14-23)20-7-11-22(12-8-20)24-17-35-28(37-24)26-6-5-16-41(26)29(42)27(19(2)3)39-32(44)45-33/h7-14,17-19,26-27H,4-6,15-16H2,1-3H3,(H,35,37)(H,39,44)(H3,34,36,38,40,43)/t26-,27-/m0/s1. The number of amides is 4. The number of halogens is 1. The summed E-state index contributed by atoms with van der Waals surface area (Å²) in [5.74, 6) is 0.888. The van der Waals surface area contributed by atoms with Crippen LogP contribution in [-0.2, 0) is 7.86 Å². The lowest BCUT2D eigenvalue weighted by atomic mass is 10.0. The minimum atomic E-state index is -0.679. The fourth-order valence-electron chi connectivity index (χ4n) is 5.42. The first-order chi connectivity index (χ1) is 21.8. The number of nitrogens with one attached hydrogen (secondary N) is 5. The molecule has 1 saturated heterocycles. The number of carbonyl (C=O) groups is 3. The van der Waals surface area contributed by atoms with Crippen LogP contribution in [0.2, 0.25) is 0 Å². The van der Waals surface area contributed by atoms with Crippen LogP contribution in [0.1, 0.15) is 51.9 Å². The van der Waals surface area contributed by atoms with Gasteiger partial charge in [0.2, 0.25) is 11.9 Å². The lowest BCUT2D eigenvalue weighted by Crippen LogP contribution is -2.50. The van der Waals surface area contributed by atoms with Crippen molar-refractivity contribution in [3.63, 3.8) is 0 Å². The van der Waals surface area contributed by atoms with E-state index in [-0.39, 0.29) is 23.9 Å². The van der Waals surface area contributed by atoms with Gasteiger partial charge in [0, 0.05) is 13.1 Å². The zero-order valence-electron chi connectivity index (χ0n) is 25.4. The highest BCUT2D eigenvalue weighted by Gasteiger charge is 2.37. The predicted octanol–water partition coefficient (Wildman–Crippen LogP) is 6.43. The molecule has 1 aliphatic rings. The molecule has 4 aromatic rings. The molecular weight excluding hydrogens is 687 g/mol. The molecule has 12 nitrogen and oxygen atoms in total. The Morgan fingerprint density at radius 2 is 1.56 bits per heavy atom. The van der Waals surface area contributed by atoms with Crippen LogP contribution in [0.25, 0.3) is 33.6 Å². The van der Waals surface area contributed by atoms with Crippen LogP contribution in [0.3, 0.4) is 0 Å². The first-order valence-corrected chi connectivity index (χ1v) is 15.9. The highest BCUT2D eigenvalue weighted by atomic mass is 127. The molecule has 0 radical (unpaired) electrons. The number of H-pyrrole nitrogens is 2. The van der Waals surface area contributed by atoms with Gasteiger partial charge < -0.3 is 28.6 Å². The molecule has 4 amide bonds. The molecule has 1 fully saturated rings. The lowest BCUT2D eigenvalue weighted by molar-refractivity contribution is -0.135. The summed E-state index contributed by atoms with van der Waals surface area (Å²) in [5, 5.41) is 8.14. The Labute approximate surface area is 275 Å². The molecule has 5 rings (SSSR count). The van der Waals surface area contributed by atoms with E-state index in [4.69, 9.17) is 3.07 Å². The summed E-state index contributed by atoms with van der Waals surface area (Å²) in [6.45, 7) is 6.99. The summed E-state index contributed by atoms with van der Waals surface area (Å²) >= 11 is 1.51. The van der Waals surface area contributed by atoms with Crippen molar-refractivity contribution in [1.82, 2.24) is 35.5 Å². The second kappa shape index (κ2) is 14.6. The quantitative estimate of drug-likeness (QED) is 0.119. The van der Waals surface area contributed by atoms with Crippen molar-refractivity contribution < 1.29 is 17.4 Å². The third-order valence-electron chi connectivity index (χ3n) is 7.79. The highest BCUT2D eigenvalue weighted by Crippen LogP contribution is 2.33. The Balaban J connectivity index is 1.24. The van der Waals surface area contributed by atoms with Crippen molar-refractivity contribution in [2.75, 3.05) is 18.4 Å². The zero-order chi connectivity index (χ0) is 31.9. The van der Waals surface area contributed by atoms with E-state index in [2.05, 4.69) is 48.0 Å². The van der Waals surface area contributed by atoms with Gasteiger partial charge in [0.05, 0.1) is 29.8 Å². The molecule has 13 heteroatoms. The number of nitrogens with zero attached hydrogens (tertiary/aromatic N) is 3. The van der Waals surface area contributed by atoms with Crippen LogP contribution in [0.15, 0.2) is 60.9 Å². The van der Waals surface area contributed by atoms with Crippen molar-refractivity contribution in [3.05, 3.63) is 66.7 Å². The van der Waals surface area contributed by atoms with Crippen LogP contribution < -0.4 is 16.0 Å². The number of rotatable bonds is 10. The molecule has 45 heavy (non-hydrogen) atoms. The summed E-state index contributed by atoms with van der Waals surface area (Å²) in [7, 11) is 0. The topological polar surface area (TPSA) is 157 Å². The van der Waals surface area contributed by atoms with E-state index < -0.39 is 12.1 Å². The molecule has 236 valence electrons. The van der Waals surface area contributed by atoms with Gasteiger partial charge in [-0.25, -0.2) is 19.6 Å². The van der Waals surface area contributed by atoms with E-state index in [9.17, 15) is 14.4 Å². The number of anilines is 1. The maximum absolute atomic E-state index is 13.4. The van der Waals surface area contributed by atoms with Crippen molar-refractivity contribution in [3.8, 4) is 33.6 Å². The van der Waals surface area contributed by atoms with Gasteiger partial charge >= 0.3 is 12.1 Å². The maximum atomic E-state index is 13.4. The smallest absolute Gasteiger partial charge is 0.378 e. The van der Waals surface area contributed by atoms with Crippen molar-refractivity contribution >= 4 is 47.0 Å². The Kier molecular flexibility index (Phi) is 10.4. The average Bonchev–Trinajstić information content (AvgIpc) is 3.83. The van der Waals surface area contributed by atoms with Crippen LogP contribution >= 0.6 is 23.0 Å². The van der Waals surface area contributed by atoms with E-state index in [0.717, 1.165) is 58.7 Å². The molecule has 2 atom stereocenters. The molecule has 0 bridgehead atoms. The molecular formula is C32H37IN8O4. The average molecular weight is 725 g/mol. The van der Waals surface area contributed by atoms with Crippen molar-refractivity contribution in [2.24, 2.45) is 5.92 Å². The summed E-state index contributed by atoms with van der Waals surface area (Å²) in [4.78, 5) is 54.4. The number of aromatic nitrogens is 4. The molecule has 3 heterocycles. The molecule has 1 aliphatic heterocycles. The third-order valence-corrected chi connectivity index (χ3v) is 8.19. The Morgan fingerprint density at radius 3 is 2.16 bits per heavy atom. The van der Waals surface area contributed by atoms with Crippen LogP contribution in [0.4, 0.5) is 15.5 Å². The number of aromatic amines is 2. The minimum absolute atomic E-state index is 0.0958. The maximum Gasteiger partial charge on any atom is 0.417 e. The first-order valence-electron chi connectivity index (χ1n) is 15.0. The first kappa shape index (κ1) is 32.0. The fraction of sp³-hybridized carbons (Fsp3) is 0.344. The Hall–Kier alpha value is -4.40. The SMILES string of the molecule is CCCNC(=O)Nc1ncc(-c2ccc(-c3ccc(-c4cnc([C@@H]5CCCN5C(=O)[C@@H](NC(=O)OI)C(C)C)[nH]4)cc3)cc2)[nH]1. The second-order valence-electron chi connectivity index (χ2n) is 11.3. The number of urea groups is 1. The molecule has 0 unspecified atom stereocenters. The molecule has 2 aromatic carbocycles. The zero-order valence-corrected chi connectivity index (χ0v) is 27.6. The van der Waals surface area contributed by atoms with Crippen molar-refractivity contribution in [1.29, 1.82) is 0 Å². The van der Waals surface area contributed by atoms with E-state index in [1.54, 1.807) is 17.3 Å². The van der Waals surface area contributed by atoms with Gasteiger partial charge in [0.25, 0.3) is 0 Å². The van der Waals surface area contributed by atoms with Gasteiger partial charge in [-0.3, -0.25) is 10.1 Å². The largest absolute Gasteiger partial charge is 0.417 e. The van der Waals surface area contributed by atoms with Gasteiger partial charge in [-0.1, -0.05) is 69.3 Å². The third kappa shape index (κ3) is 7.64. The molecule has 0 aliphatic carbocycles. The van der Waals surface area contributed by atoms with E-state index >= 15 is 0 Å². The number of carbonyl (C=O) groups excluding carboxylic acids is 3. The summed E-state index contributed by atoms with van der Waals surface area (Å²) < 4.78 is 4.70. The van der Waals surface area contributed by atoms with Gasteiger partial charge in [-0.05, 0) is 47.4 Å². The summed E-state index contributed by atoms with van der Waals surface area (Å²) in [6.07, 6.45) is 5.37. The Morgan fingerprint density at radius 1 is 0.956 bits per heavy atom. The second-order valence-corrected chi connectivity index (χ2v) is 11.7. The highest BCUT2D eigenvalue weighted by molar-refractivity contribution is 14.1. The van der Waals surface area contributed by atoms with E-state index in [0.29, 0.717) is 19.0 Å². The Bertz CT molecular complexity index is 1620. The molecule has 0 saturated carbocycles. The number of hydrogen-bond acceptors (Lipinski definition) is 6. The van der Waals surface area contributed by atoms with Gasteiger partial charge in [0.15, 0.2) is 23.0 Å². The lowest BCUT2D eigenvalue weighted by Gasteiger charge is -2.29.